The van der Waals surface area contributed by atoms with Gasteiger partial charge >= 0.3 is 6.09 Å². The largest absolute Gasteiger partial charge is 0.453 e. The molecular weight excluding hydrogens is 230 g/mol. The number of imidazole rings is 1. The van der Waals surface area contributed by atoms with Gasteiger partial charge in [-0.3, -0.25) is 5.32 Å². The zero-order valence-corrected chi connectivity index (χ0v) is 10.8. The van der Waals surface area contributed by atoms with Gasteiger partial charge in [0, 0.05) is 0 Å². The van der Waals surface area contributed by atoms with Gasteiger partial charge < -0.3 is 9.72 Å². The first-order valence-corrected chi connectivity index (χ1v) is 5.92. The normalized spacial score (nSPS) is 10.9. The molecule has 0 unspecified atom stereocenters. The molecule has 1 amide bonds. The van der Waals surface area contributed by atoms with Crippen molar-refractivity contribution >= 4 is 23.1 Å². The molecule has 5 nitrogen and oxygen atoms in total. The summed E-state index contributed by atoms with van der Waals surface area (Å²) in [5.74, 6) is 1.01. The molecule has 2 aromatic rings. The number of carbonyl (C=O) groups excluding carboxylic acids is 1. The molecule has 1 aromatic carbocycles. The fraction of sp³-hybridized carbons (Fsp3) is 0.385. The van der Waals surface area contributed by atoms with Crippen LogP contribution in [0.5, 0.6) is 0 Å². The highest BCUT2D eigenvalue weighted by atomic mass is 16.5. The van der Waals surface area contributed by atoms with Crippen LogP contribution in [0, 0.1) is 5.92 Å². The van der Waals surface area contributed by atoms with E-state index < -0.39 is 6.09 Å². The van der Waals surface area contributed by atoms with Gasteiger partial charge in [0.1, 0.15) is 0 Å². The Hall–Kier alpha value is -2.04. The second kappa shape index (κ2) is 5.08. The molecule has 2 rings (SSSR count). The van der Waals surface area contributed by atoms with Crippen molar-refractivity contribution in [1.29, 1.82) is 0 Å². The minimum absolute atomic E-state index is 0.401. The van der Waals surface area contributed by atoms with Crippen molar-refractivity contribution in [3.63, 3.8) is 0 Å². The van der Waals surface area contributed by atoms with E-state index in [0.29, 0.717) is 11.9 Å². The highest BCUT2D eigenvalue weighted by Gasteiger charge is 2.07. The molecule has 0 saturated carbocycles. The molecule has 0 saturated heterocycles. The molecule has 0 aliphatic rings. The monoisotopic (exact) mass is 247 g/mol. The summed E-state index contributed by atoms with van der Waals surface area (Å²) in [6.07, 6.45) is 0.491. The summed E-state index contributed by atoms with van der Waals surface area (Å²) in [7, 11) is 1.32. The summed E-state index contributed by atoms with van der Waals surface area (Å²) in [6, 6.07) is 6.07. The van der Waals surface area contributed by atoms with Crippen molar-refractivity contribution in [1.82, 2.24) is 9.97 Å². The Morgan fingerprint density at radius 2 is 2.28 bits per heavy atom. The number of anilines is 1. The van der Waals surface area contributed by atoms with E-state index >= 15 is 0 Å². The molecule has 2 N–H and O–H groups in total. The standard InChI is InChI=1S/C13H17N3O2/c1-8(2)6-9-4-5-10-11(7-9)15-12(14-10)16-13(17)18-3/h4-5,7-8H,6H2,1-3H3,(H2,14,15,16,17). The Balaban J connectivity index is 2.25. The molecule has 1 heterocycles. The fourth-order valence-corrected chi connectivity index (χ4v) is 1.86. The van der Waals surface area contributed by atoms with E-state index in [1.165, 1.54) is 12.7 Å². The summed E-state index contributed by atoms with van der Waals surface area (Å²) in [6.45, 7) is 4.36. The van der Waals surface area contributed by atoms with Crippen LogP contribution in [0.4, 0.5) is 10.7 Å². The van der Waals surface area contributed by atoms with Crippen LogP contribution in [0.3, 0.4) is 0 Å². The van der Waals surface area contributed by atoms with Gasteiger partial charge in [0.2, 0.25) is 5.95 Å². The van der Waals surface area contributed by atoms with Crippen LogP contribution in [0.15, 0.2) is 18.2 Å². The number of hydrogen-bond donors (Lipinski definition) is 2. The van der Waals surface area contributed by atoms with Gasteiger partial charge in [-0.2, -0.15) is 0 Å². The average molecular weight is 247 g/mol. The van der Waals surface area contributed by atoms with Crippen LogP contribution >= 0.6 is 0 Å². The Labute approximate surface area is 106 Å². The molecule has 0 spiro atoms. The molecule has 1 aromatic heterocycles. The van der Waals surface area contributed by atoms with Gasteiger partial charge in [-0.25, -0.2) is 9.78 Å². The molecule has 0 atom stereocenters. The number of carbonyl (C=O) groups is 1. The number of rotatable bonds is 3. The number of amides is 1. The van der Waals surface area contributed by atoms with E-state index in [2.05, 4.69) is 46.0 Å². The third kappa shape index (κ3) is 2.80. The lowest BCUT2D eigenvalue weighted by atomic mass is 10.0. The van der Waals surface area contributed by atoms with Gasteiger partial charge in [0.15, 0.2) is 0 Å². The first-order valence-electron chi connectivity index (χ1n) is 5.92. The smallest absolute Gasteiger partial charge is 0.413 e. The lowest BCUT2D eigenvalue weighted by Crippen LogP contribution is -2.11. The minimum Gasteiger partial charge on any atom is -0.453 e. The topological polar surface area (TPSA) is 67.0 Å². The van der Waals surface area contributed by atoms with Crippen molar-refractivity contribution in [3.8, 4) is 0 Å². The van der Waals surface area contributed by atoms with Gasteiger partial charge in [-0.15, -0.1) is 0 Å². The molecule has 96 valence electrons. The number of H-pyrrole nitrogens is 1. The van der Waals surface area contributed by atoms with Crippen LogP contribution in [-0.4, -0.2) is 23.2 Å². The number of hydrogen-bond acceptors (Lipinski definition) is 3. The molecular formula is C13H17N3O2. The summed E-state index contributed by atoms with van der Waals surface area (Å²) in [4.78, 5) is 18.4. The second-order valence-electron chi connectivity index (χ2n) is 4.65. The van der Waals surface area contributed by atoms with E-state index in [4.69, 9.17) is 0 Å². The third-order valence-corrected chi connectivity index (χ3v) is 2.60. The van der Waals surface area contributed by atoms with Crippen LogP contribution in [-0.2, 0) is 11.2 Å². The van der Waals surface area contributed by atoms with Crippen molar-refractivity contribution in [2.45, 2.75) is 20.3 Å². The highest BCUT2D eigenvalue weighted by molar-refractivity contribution is 5.86. The molecule has 0 aliphatic heterocycles. The predicted molar refractivity (Wildman–Crippen MR) is 70.7 cm³/mol. The third-order valence-electron chi connectivity index (χ3n) is 2.60. The summed E-state index contributed by atoms with van der Waals surface area (Å²) < 4.78 is 4.52. The lowest BCUT2D eigenvalue weighted by molar-refractivity contribution is 0.186. The molecule has 0 fully saturated rings. The Bertz CT molecular complexity index is 560. The summed E-state index contributed by atoms with van der Waals surface area (Å²) in [5, 5.41) is 2.51. The van der Waals surface area contributed by atoms with Crippen LogP contribution < -0.4 is 5.32 Å². The number of aromatic amines is 1. The van der Waals surface area contributed by atoms with E-state index in [0.717, 1.165) is 17.5 Å². The lowest BCUT2D eigenvalue weighted by Gasteiger charge is -2.03. The first-order chi connectivity index (χ1) is 8.58. The van der Waals surface area contributed by atoms with Gasteiger partial charge in [0.25, 0.3) is 0 Å². The van der Waals surface area contributed by atoms with E-state index in [9.17, 15) is 4.79 Å². The molecule has 5 heteroatoms. The number of methoxy groups -OCH3 is 1. The maximum atomic E-state index is 11.1. The van der Waals surface area contributed by atoms with Gasteiger partial charge in [-0.05, 0) is 30.0 Å². The number of nitrogens with zero attached hydrogens (tertiary/aromatic N) is 1. The maximum absolute atomic E-state index is 11.1. The Kier molecular flexibility index (Phi) is 3.50. The van der Waals surface area contributed by atoms with Gasteiger partial charge in [-0.1, -0.05) is 19.9 Å². The van der Waals surface area contributed by atoms with Crippen molar-refractivity contribution < 1.29 is 9.53 Å². The van der Waals surface area contributed by atoms with Crippen molar-refractivity contribution in [2.75, 3.05) is 12.4 Å². The Morgan fingerprint density at radius 3 is 2.94 bits per heavy atom. The zero-order valence-electron chi connectivity index (χ0n) is 10.8. The van der Waals surface area contributed by atoms with E-state index in [1.54, 1.807) is 0 Å². The highest BCUT2D eigenvalue weighted by Crippen LogP contribution is 2.18. The summed E-state index contributed by atoms with van der Waals surface area (Å²) in [5.41, 5.74) is 3.00. The van der Waals surface area contributed by atoms with Gasteiger partial charge in [0.05, 0.1) is 18.1 Å². The predicted octanol–water partition coefficient (Wildman–Crippen LogP) is 2.94. The first kappa shape index (κ1) is 12.4. The SMILES string of the molecule is COC(=O)Nc1nc2ccc(CC(C)C)cc2[nH]1. The molecule has 0 aliphatic carbocycles. The number of nitrogens with one attached hydrogen (secondary N) is 2. The molecule has 0 bridgehead atoms. The summed E-state index contributed by atoms with van der Waals surface area (Å²) >= 11 is 0. The fourth-order valence-electron chi connectivity index (χ4n) is 1.86. The molecule has 18 heavy (non-hydrogen) atoms. The van der Waals surface area contributed by atoms with Crippen LogP contribution in [0.1, 0.15) is 19.4 Å². The Morgan fingerprint density at radius 1 is 1.50 bits per heavy atom. The van der Waals surface area contributed by atoms with Crippen LogP contribution in [0.25, 0.3) is 11.0 Å². The maximum Gasteiger partial charge on any atom is 0.413 e. The second-order valence-corrected chi connectivity index (χ2v) is 4.65. The average Bonchev–Trinajstić information content (AvgIpc) is 2.69. The van der Waals surface area contributed by atoms with Crippen LogP contribution in [0.2, 0.25) is 0 Å². The number of aromatic nitrogens is 2. The number of ether oxygens (including phenoxy) is 1. The van der Waals surface area contributed by atoms with Crippen molar-refractivity contribution in [3.05, 3.63) is 23.8 Å². The van der Waals surface area contributed by atoms with E-state index in [-0.39, 0.29) is 0 Å². The van der Waals surface area contributed by atoms with Crippen molar-refractivity contribution in [2.24, 2.45) is 5.92 Å². The number of fused-ring (bicyclic) bond motifs is 1. The van der Waals surface area contributed by atoms with E-state index in [1.807, 2.05) is 6.07 Å². The number of benzene rings is 1. The molecule has 0 radical (unpaired) electrons. The zero-order chi connectivity index (χ0) is 13.1. The quantitative estimate of drug-likeness (QED) is 0.876. The minimum atomic E-state index is -0.531.